The third-order valence-electron chi connectivity index (χ3n) is 2.78. The monoisotopic (exact) mass is 203 g/mol. The van der Waals surface area contributed by atoms with E-state index in [2.05, 4.69) is 42.0 Å². The van der Waals surface area contributed by atoms with Crippen molar-refractivity contribution in [3.05, 3.63) is 36.0 Å². The normalized spacial score (nSPS) is 11.1. The van der Waals surface area contributed by atoms with Crippen molar-refractivity contribution in [1.29, 1.82) is 0 Å². The molecule has 0 saturated heterocycles. The maximum atomic E-state index is 5.06. The molecular weight excluding hydrogens is 186 g/mol. The molecule has 0 saturated carbocycles. The Morgan fingerprint density at radius 1 is 1.27 bits per heavy atom. The minimum absolute atomic E-state index is 0.825. The highest BCUT2D eigenvalue weighted by molar-refractivity contribution is 5.83. The molecule has 0 atom stereocenters. The van der Waals surface area contributed by atoms with Crippen LogP contribution in [0.25, 0.3) is 10.9 Å². The van der Waals surface area contributed by atoms with Crippen molar-refractivity contribution < 1.29 is 4.74 Å². The van der Waals surface area contributed by atoms with E-state index in [-0.39, 0.29) is 0 Å². The van der Waals surface area contributed by atoms with Gasteiger partial charge in [0.15, 0.2) is 0 Å². The predicted octanol–water partition coefficient (Wildman–Crippen LogP) is 2.99. The van der Waals surface area contributed by atoms with E-state index in [1.807, 2.05) is 0 Å². The molecule has 2 nitrogen and oxygen atoms in total. The van der Waals surface area contributed by atoms with Gasteiger partial charge in [0.2, 0.25) is 0 Å². The fraction of sp³-hybridized carbons (Fsp3) is 0.385. The van der Waals surface area contributed by atoms with Crippen molar-refractivity contribution in [2.75, 3.05) is 13.7 Å². The molecule has 1 heterocycles. The van der Waals surface area contributed by atoms with Crippen LogP contribution in [-0.4, -0.2) is 18.3 Å². The summed E-state index contributed by atoms with van der Waals surface area (Å²) in [7, 11) is 1.75. The van der Waals surface area contributed by atoms with E-state index < -0.39 is 0 Å². The van der Waals surface area contributed by atoms with E-state index in [0.717, 1.165) is 19.6 Å². The van der Waals surface area contributed by atoms with Gasteiger partial charge in [0.1, 0.15) is 0 Å². The van der Waals surface area contributed by atoms with Gasteiger partial charge in [-0.05, 0) is 31.0 Å². The van der Waals surface area contributed by atoms with Gasteiger partial charge in [0.05, 0.1) is 0 Å². The molecule has 0 aliphatic carbocycles. The molecule has 0 unspecified atom stereocenters. The van der Waals surface area contributed by atoms with Crippen LogP contribution in [0.15, 0.2) is 30.5 Å². The highest BCUT2D eigenvalue weighted by atomic mass is 16.5. The number of fused-ring (bicyclic) bond motifs is 1. The Kier molecular flexibility index (Phi) is 3.07. The van der Waals surface area contributed by atoms with Crippen molar-refractivity contribution >= 4 is 10.9 Å². The molecule has 0 N–H and O–H groups in total. The molecule has 2 heteroatoms. The largest absolute Gasteiger partial charge is 0.385 e. The van der Waals surface area contributed by atoms with Crippen LogP contribution >= 0.6 is 0 Å². The fourth-order valence-electron chi connectivity index (χ4n) is 1.95. The Morgan fingerprint density at radius 3 is 2.93 bits per heavy atom. The zero-order valence-electron chi connectivity index (χ0n) is 9.36. The van der Waals surface area contributed by atoms with Gasteiger partial charge in [-0.1, -0.05) is 12.1 Å². The SMILES string of the molecule is COCCCn1ccc2c(C)cccc21. The summed E-state index contributed by atoms with van der Waals surface area (Å²) in [4.78, 5) is 0. The van der Waals surface area contributed by atoms with Gasteiger partial charge in [0.25, 0.3) is 0 Å². The Balaban J connectivity index is 2.25. The van der Waals surface area contributed by atoms with Gasteiger partial charge in [-0.3, -0.25) is 0 Å². The van der Waals surface area contributed by atoms with E-state index in [1.165, 1.54) is 16.5 Å². The van der Waals surface area contributed by atoms with Gasteiger partial charge in [-0.2, -0.15) is 0 Å². The molecule has 0 aliphatic rings. The molecule has 1 aromatic carbocycles. The summed E-state index contributed by atoms with van der Waals surface area (Å²) in [6.07, 6.45) is 3.22. The highest BCUT2D eigenvalue weighted by Gasteiger charge is 2.01. The predicted molar refractivity (Wildman–Crippen MR) is 63.2 cm³/mol. The second-order valence-corrected chi connectivity index (χ2v) is 3.86. The minimum Gasteiger partial charge on any atom is -0.385 e. The van der Waals surface area contributed by atoms with Crippen molar-refractivity contribution in [2.24, 2.45) is 0 Å². The number of hydrogen-bond acceptors (Lipinski definition) is 1. The molecule has 0 aliphatic heterocycles. The summed E-state index contributed by atoms with van der Waals surface area (Å²) in [5, 5.41) is 1.36. The summed E-state index contributed by atoms with van der Waals surface area (Å²) in [5.41, 5.74) is 2.67. The molecule has 80 valence electrons. The molecule has 0 radical (unpaired) electrons. The van der Waals surface area contributed by atoms with Crippen LogP contribution < -0.4 is 0 Å². The maximum Gasteiger partial charge on any atom is 0.0482 e. The van der Waals surface area contributed by atoms with Crippen LogP contribution in [0.2, 0.25) is 0 Å². The van der Waals surface area contributed by atoms with Crippen LogP contribution in [0.3, 0.4) is 0 Å². The van der Waals surface area contributed by atoms with Crippen molar-refractivity contribution in [3.63, 3.8) is 0 Å². The Hall–Kier alpha value is -1.28. The summed E-state index contributed by atoms with van der Waals surface area (Å²) >= 11 is 0. The average Bonchev–Trinajstić information content (AvgIpc) is 2.64. The lowest BCUT2D eigenvalue weighted by atomic mass is 10.1. The third kappa shape index (κ3) is 2.05. The van der Waals surface area contributed by atoms with Gasteiger partial charge >= 0.3 is 0 Å². The van der Waals surface area contributed by atoms with E-state index >= 15 is 0 Å². The molecular formula is C13H17NO. The zero-order valence-corrected chi connectivity index (χ0v) is 9.36. The molecule has 15 heavy (non-hydrogen) atoms. The molecule has 2 aromatic rings. The Labute approximate surface area is 90.5 Å². The smallest absolute Gasteiger partial charge is 0.0482 e. The first-order chi connectivity index (χ1) is 7.33. The number of rotatable bonds is 4. The molecule has 0 amide bonds. The van der Waals surface area contributed by atoms with Crippen LogP contribution in [0.5, 0.6) is 0 Å². The lowest BCUT2D eigenvalue weighted by molar-refractivity contribution is 0.190. The van der Waals surface area contributed by atoms with E-state index in [4.69, 9.17) is 4.74 Å². The van der Waals surface area contributed by atoms with Crippen LogP contribution in [0, 0.1) is 6.92 Å². The van der Waals surface area contributed by atoms with Crippen molar-refractivity contribution in [1.82, 2.24) is 4.57 Å². The number of benzene rings is 1. The summed E-state index contributed by atoms with van der Waals surface area (Å²) in [6, 6.07) is 8.64. The molecule has 1 aromatic heterocycles. The molecule has 0 spiro atoms. The summed E-state index contributed by atoms with van der Waals surface area (Å²) in [5.74, 6) is 0. The third-order valence-corrected chi connectivity index (χ3v) is 2.78. The average molecular weight is 203 g/mol. The van der Waals surface area contributed by atoms with E-state index in [0.29, 0.717) is 0 Å². The summed E-state index contributed by atoms with van der Waals surface area (Å²) in [6.45, 7) is 4.01. The standard InChI is InChI=1S/C13H17NO/c1-11-5-3-6-13-12(11)7-9-14(13)8-4-10-15-2/h3,5-7,9H,4,8,10H2,1-2H3. The fourth-order valence-corrected chi connectivity index (χ4v) is 1.95. The highest BCUT2D eigenvalue weighted by Crippen LogP contribution is 2.19. The molecule has 0 fully saturated rings. The number of nitrogens with zero attached hydrogens (tertiary/aromatic N) is 1. The number of aromatic nitrogens is 1. The van der Waals surface area contributed by atoms with Crippen molar-refractivity contribution in [2.45, 2.75) is 19.9 Å². The topological polar surface area (TPSA) is 14.2 Å². The van der Waals surface area contributed by atoms with Gasteiger partial charge < -0.3 is 9.30 Å². The lowest BCUT2D eigenvalue weighted by Crippen LogP contribution is -1.99. The second kappa shape index (κ2) is 4.49. The van der Waals surface area contributed by atoms with Crippen LogP contribution in [-0.2, 0) is 11.3 Å². The first-order valence-electron chi connectivity index (χ1n) is 5.36. The van der Waals surface area contributed by atoms with Crippen molar-refractivity contribution in [3.8, 4) is 0 Å². The Morgan fingerprint density at radius 2 is 2.13 bits per heavy atom. The van der Waals surface area contributed by atoms with Crippen LogP contribution in [0.4, 0.5) is 0 Å². The van der Waals surface area contributed by atoms with Gasteiger partial charge in [-0.25, -0.2) is 0 Å². The number of hydrogen-bond donors (Lipinski definition) is 0. The minimum atomic E-state index is 0.825. The maximum absolute atomic E-state index is 5.06. The quantitative estimate of drug-likeness (QED) is 0.697. The van der Waals surface area contributed by atoms with E-state index in [1.54, 1.807) is 7.11 Å². The lowest BCUT2D eigenvalue weighted by Gasteiger charge is -2.05. The number of methoxy groups -OCH3 is 1. The number of aryl methyl sites for hydroxylation is 2. The number of ether oxygens (including phenoxy) is 1. The zero-order chi connectivity index (χ0) is 10.7. The summed E-state index contributed by atoms with van der Waals surface area (Å²) < 4.78 is 7.36. The van der Waals surface area contributed by atoms with Gasteiger partial charge in [0, 0.05) is 37.4 Å². The molecule has 0 bridgehead atoms. The van der Waals surface area contributed by atoms with E-state index in [9.17, 15) is 0 Å². The molecule has 2 rings (SSSR count). The Bertz CT molecular complexity index is 445. The van der Waals surface area contributed by atoms with Crippen LogP contribution in [0.1, 0.15) is 12.0 Å². The second-order valence-electron chi connectivity index (χ2n) is 3.86. The first-order valence-corrected chi connectivity index (χ1v) is 5.36. The van der Waals surface area contributed by atoms with Gasteiger partial charge in [-0.15, -0.1) is 0 Å². The first kappa shape index (κ1) is 10.2.